The van der Waals surface area contributed by atoms with E-state index in [1.807, 2.05) is 6.07 Å². The Kier molecular flexibility index (Phi) is 3.16. The Balaban J connectivity index is 1.93. The van der Waals surface area contributed by atoms with E-state index in [4.69, 9.17) is 5.73 Å². The molecule has 4 N–H and O–H groups in total. The van der Waals surface area contributed by atoms with Crippen molar-refractivity contribution in [3.8, 4) is 0 Å². The third kappa shape index (κ3) is 2.44. The Morgan fingerprint density at radius 2 is 2.32 bits per heavy atom. The van der Waals surface area contributed by atoms with Gasteiger partial charge in [-0.25, -0.2) is 5.10 Å². The van der Waals surface area contributed by atoms with Crippen molar-refractivity contribution in [3.63, 3.8) is 0 Å². The van der Waals surface area contributed by atoms with Crippen LogP contribution in [-0.4, -0.2) is 27.3 Å². The summed E-state index contributed by atoms with van der Waals surface area (Å²) < 4.78 is 0. The number of rotatable bonds is 2. The zero-order valence-electron chi connectivity index (χ0n) is 10.6. The van der Waals surface area contributed by atoms with Gasteiger partial charge in [-0.3, -0.25) is 9.78 Å². The first-order valence-electron chi connectivity index (χ1n) is 6.59. The summed E-state index contributed by atoms with van der Waals surface area (Å²) in [6.07, 6.45) is 5.83. The van der Waals surface area contributed by atoms with Gasteiger partial charge in [-0.2, -0.15) is 5.10 Å². The predicted molar refractivity (Wildman–Crippen MR) is 74.0 cm³/mol. The highest BCUT2D eigenvalue weighted by atomic mass is 16.1. The number of aromatic nitrogens is 3. The van der Waals surface area contributed by atoms with E-state index < -0.39 is 0 Å². The molecule has 0 aromatic carbocycles. The van der Waals surface area contributed by atoms with Crippen LogP contribution in [0.5, 0.6) is 0 Å². The lowest BCUT2D eigenvalue weighted by molar-refractivity contribution is 0.409. The van der Waals surface area contributed by atoms with Crippen LogP contribution in [0, 0.1) is 0 Å². The Bertz CT molecular complexity index is 638. The van der Waals surface area contributed by atoms with Crippen molar-refractivity contribution in [2.24, 2.45) is 5.73 Å². The fourth-order valence-corrected chi connectivity index (χ4v) is 2.66. The van der Waals surface area contributed by atoms with Gasteiger partial charge in [0.1, 0.15) is 5.52 Å². The third-order valence-corrected chi connectivity index (χ3v) is 3.60. The van der Waals surface area contributed by atoms with Gasteiger partial charge in [-0.05, 0) is 37.8 Å². The molecule has 1 aliphatic rings. The second-order valence-electron chi connectivity index (χ2n) is 5.07. The fourth-order valence-electron chi connectivity index (χ4n) is 2.66. The molecule has 1 aliphatic carbocycles. The normalized spacial score (nSPS) is 23.4. The van der Waals surface area contributed by atoms with Gasteiger partial charge >= 0.3 is 0 Å². The van der Waals surface area contributed by atoms with Gasteiger partial charge in [0, 0.05) is 18.3 Å². The van der Waals surface area contributed by atoms with Crippen molar-refractivity contribution in [2.45, 2.75) is 37.8 Å². The van der Waals surface area contributed by atoms with Crippen LogP contribution in [0.25, 0.3) is 10.9 Å². The largest absolute Gasteiger partial charge is 0.365 e. The minimum atomic E-state index is -0.263. The molecule has 0 spiro atoms. The first-order valence-corrected chi connectivity index (χ1v) is 6.59. The first kappa shape index (κ1) is 12.1. The number of aromatic amines is 1. The lowest BCUT2D eigenvalue weighted by Gasteiger charge is -2.27. The van der Waals surface area contributed by atoms with E-state index in [1.54, 1.807) is 12.3 Å². The Morgan fingerprint density at radius 1 is 1.42 bits per heavy atom. The van der Waals surface area contributed by atoms with Crippen LogP contribution in [0.3, 0.4) is 0 Å². The molecule has 6 nitrogen and oxygen atoms in total. The van der Waals surface area contributed by atoms with Crippen LogP contribution in [0.4, 0.5) is 5.82 Å². The number of nitrogens with two attached hydrogens (primary N) is 1. The van der Waals surface area contributed by atoms with Crippen molar-refractivity contribution in [1.82, 2.24) is 15.2 Å². The highest BCUT2D eigenvalue weighted by Crippen LogP contribution is 2.22. The van der Waals surface area contributed by atoms with E-state index in [1.165, 1.54) is 0 Å². The van der Waals surface area contributed by atoms with Gasteiger partial charge in [0.05, 0.1) is 5.39 Å². The SMILES string of the molecule is NC1CCCC(Nc2n[nH]c(=O)c3ncccc23)C1. The maximum absolute atomic E-state index is 11.6. The molecule has 2 aromatic rings. The summed E-state index contributed by atoms with van der Waals surface area (Å²) in [6.45, 7) is 0. The molecule has 19 heavy (non-hydrogen) atoms. The Morgan fingerprint density at radius 3 is 3.16 bits per heavy atom. The summed E-state index contributed by atoms with van der Waals surface area (Å²) in [5.41, 5.74) is 6.14. The van der Waals surface area contributed by atoms with E-state index >= 15 is 0 Å². The molecular formula is C13H17N5O. The van der Waals surface area contributed by atoms with Gasteiger partial charge in [-0.15, -0.1) is 0 Å². The standard InChI is InChI=1S/C13H17N5O/c14-8-3-1-4-9(7-8)16-12-10-5-2-6-15-11(10)13(19)18-17-12/h2,5-6,8-9H,1,3-4,7,14H2,(H,16,17)(H,18,19). The molecule has 0 amide bonds. The molecule has 0 aliphatic heterocycles. The molecule has 2 heterocycles. The zero-order valence-corrected chi connectivity index (χ0v) is 10.6. The summed E-state index contributed by atoms with van der Waals surface area (Å²) >= 11 is 0. The molecule has 0 bridgehead atoms. The Labute approximate surface area is 110 Å². The van der Waals surface area contributed by atoms with Crippen molar-refractivity contribution >= 4 is 16.7 Å². The molecular weight excluding hydrogens is 242 g/mol. The number of hydrogen-bond donors (Lipinski definition) is 3. The van der Waals surface area contributed by atoms with Gasteiger partial charge in [-0.1, -0.05) is 0 Å². The molecule has 100 valence electrons. The van der Waals surface area contributed by atoms with Gasteiger partial charge < -0.3 is 11.1 Å². The third-order valence-electron chi connectivity index (χ3n) is 3.60. The van der Waals surface area contributed by atoms with Gasteiger partial charge in [0.2, 0.25) is 0 Å². The zero-order chi connectivity index (χ0) is 13.2. The highest BCUT2D eigenvalue weighted by molar-refractivity contribution is 5.87. The average Bonchev–Trinajstić information content (AvgIpc) is 2.42. The lowest BCUT2D eigenvalue weighted by Crippen LogP contribution is -2.35. The van der Waals surface area contributed by atoms with Crippen LogP contribution in [0.15, 0.2) is 23.1 Å². The summed E-state index contributed by atoms with van der Waals surface area (Å²) in [6, 6.07) is 4.22. The highest BCUT2D eigenvalue weighted by Gasteiger charge is 2.20. The van der Waals surface area contributed by atoms with E-state index in [-0.39, 0.29) is 11.6 Å². The lowest BCUT2D eigenvalue weighted by atomic mass is 9.91. The van der Waals surface area contributed by atoms with Crippen LogP contribution in [-0.2, 0) is 0 Å². The monoisotopic (exact) mass is 259 g/mol. The van der Waals surface area contributed by atoms with Crippen molar-refractivity contribution < 1.29 is 0 Å². The molecule has 6 heteroatoms. The number of nitrogens with zero attached hydrogens (tertiary/aromatic N) is 2. The van der Waals surface area contributed by atoms with Crippen molar-refractivity contribution in [3.05, 3.63) is 28.7 Å². The minimum Gasteiger partial charge on any atom is -0.365 e. The minimum absolute atomic E-state index is 0.249. The van der Waals surface area contributed by atoms with Gasteiger partial charge in [0.15, 0.2) is 5.82 Å². The topological polar surface area (TPSA) is 96.7 Å². The number of pyridine rings is 1. The van der Waals surface area contributed by atoms with Crippen LogP contribution < -0.4 is 16.6 Å². The number of nitrogens with one attached hydrogen (secondary N) is 2. The van der Waals surface area contributed by atoms with E-state index in [2.05, 4.69) is 20.5 Å². The fraction of sp³-hybridized carbons (Fsp3) is 0.462. The summed E-state index contributed by atoms with van der Waals surface area (Å²) in [5.74, 6) is 0.682. The van der Waals surface area contributed by atoms with Crippen LogP contribution in [0.2, 0.25) is 0 Å². The van der Waals surface area contributed by atoms with Crippen molar-refractivity contribution in [2.75, 3.05) is 5.32 Å². The smallest absolute Gasteiger partial charge is 0.290 e. The molecule has 1 saturated carbocycles. The maximum Gasteiger partial charge on any atom is 0.290 e. The number of anilines is 1. The number of fused-ring (bicyclic) bond motifs is 1. The predicted octanol–water partition coefficient (Wildman–Crippen LogP) is 1.000. The molecule has 0 radical (unpaired) electrons. The van der Waals surface area contributed by atoms with E-state index in [9.17, 15) is 4.79 Å². The average molecular weight is 259 g/mol. The summed E-state index contributed by atoms with van der Waals surface area (Å²) in [5, 5.41) is 10.7. The molecule has 2 atom stereocenters. The van der Waals surface area contributed by atoms with E-state index in [0.29, 0.717) is 17.4 Å². The molecule has 2 unspecified atom stereocenters. The molecule has 3 rings (SSSR count). The second kappa shape index (κ2) is 4.97. The number of hydrogen-bond acceptors (Lipinski definition) is 5. The molecule has 0 saturated heterocycles. The number of H-pyrrole nitrogens is 1. The van der Waals surface area contributed by atoms with Gasteiger partial charge in [0.25, 0.3) is 5.56 Å². The first-order chi connectivity index (χ1) is 9.24. The van der Waals surface area contributed by atoms with Crippen LogP contribution >= 0.6 is 0 Å². The second-order valence-corrected chi connectivity index (χ2v) is 5.07. The summed E-state index contributed by atoms with van der Waals surface area (Å²) in [4.78, 5) is 15.7. The molecule has 1 fully saturated rings. The molecule has 2 aromatic heterocycles. The van der Waals surface area contributed by atoms with Crippen LogP contribution in [0.1, 0.15) is 25.7 Å². The maximum atomic E-state index is 11.6. The quantitative estimate of drug-likeness (QED) is 0.747. The Hall–Kier alpha value is -1.95. The summed E-state index contributed by atoms with van der Waals surface area (Å²) in [7, 11) is 0. The van der Waals surface area contributed by atoms with Crippen molar-refractivity contribution in [1.29, 1.82) is 0 Å². The van der Waals surface area contributed by atoms with E-state index in [0.717, 1.165) is 31.1 Å².